The molecule has 0 aromatic rings. The summed E-state index contributed by atoms with van der Waals surface area (Å²) in [4.78, 5) is 0. The molecule has 0 nitrogen and oxygen atoms in total. The summed E-state index contributed by atoms with van der Waals surface area (Å²) < 4.78 is 182. The Bertz CT molecular complexity index is 380. The lowest BCUT2D eigenvalue weighted by Crippen LogP contribution is -2.72. The zero-order valence-corrected chi connectivity index (χ0v) is 9.25. The highest BCUT2D eigenvalue weighted by Crippen LogP contribution is 2.61. The van der Waals surface area contributed by atoms with Crippen molar-refractivity contribution in [3.8, 4) is 0 Å². The van der Waals surface area contributed by atoms with Crippen molar-refractivity contribution < 1.29 is 65.9 Å². The first kappa shape index (κ1) is 20.9. The minimum Gasteiger partial charge on any atom is -0.230 e. The maximum absolute atomic E-state index is 12.8. The van der Waals surface area contributed by atoms with Crippen LogP contribution in [0.15, 0.2) is 0 Å². The van der Waals surface area contributed by atoms with Gasteiger partial charge in [0.05, 0.1) is 0 Å². The molecular weight excluding hydrogens is 369 g/mol. The van der Waals surface area contributed by atoms with Crippen LogP contribution in [-0.2, 0) is 0 Å². The molecule has 0 aliphatic carbocycles. The molecule has 0 amide bonds. The molecule has 0 aromatic carbocycles. The van der Waals surface area contributed by atoms with Crippen molar-refractivity contribution in [1.29, 1.82) is 0 Å². The summed E-state index contributed by atoms with van der Waals surface area (Å²) in [6, 6.07) is 0. The van der Waals surface area contributed by atoms with E-state index in [4.69, 9.17) is 0 Å². The van der Waals surface area contributed by atoms with Gasteiger partial charge in [-0.25, -0.2) is 8.78 Å². The Morgan fingerprint density at radius 1 is 0.500 bits per heavy atom. The van der Waals surface area contributed by atoms with E-state index < -0.39 is 42.2 Å². The fourth-order valence-electron chi connectivity index (χ4n) is 1.11. The second-order valence-electron chi connectivity index (χ2n) is 3.76. The monoisotopic (exact) mass is 370 g/mol. The van der Waals surface area contributed by atoms with E-state index in [1.54, 1.807) is 0 Å². The van der Waals surface area contributed by atoms with Gasteiger partial charge in [-0.05, 0) is 0 Å². The zero-order valence-electron chi connectivity index (χ0n) is 9.25. The van der Waals surface area contributed by atoms with E-state index in [2.05, 4.69) is 0 Å². The molecule has 134 valence electrons. The zero-order chi connectivity index (χ0) is 18.6. The van der Waals surface area contributed by atoms with Gasteiger partial charge in [0.15, 0.2) is 0 Å². The number of alkyl halides is 15. The second-order valence-corrected chi connectivity index (χ2v) is 3.76. The van der Waals surface area contributed by atoms with Crippen LogP contribution in [-0.4, -0.2) is 42.2 Å². The summed E-state index contributed by atoms with van der Waals surface area (Å²) >= 11 is 0. The van der Waals surface area contributed by atoms with Crippen LogP contribution >= 0.6 is 0 Å². The largest absolute Gasteiger partial charge is 0.438 e. The highest BCUT2D eigenvalue weighted by molar-refractivity contribution is 5.13. The molecule has 15 heteroatoms. The molecule has 0 heterocycles. The Hall–Kier alpha value is -1.05. The molecule has 0 spiro atoms. The quantitative estimate of drug-likeness (QED) is 0.614. The Morgan fingerprint density at radius 3 is 0.955 bits per heavy atom. The fraction of sp³-hybridized carbons (Fsp3) is 1.00. The lowest BCUT2D eigenvalue weighted by molar-refractivity contribution is -0.438. The van der Waals surface area contributed by atoms with Crippen molar-refractivity contribution >= 4 is 0 Å². The van der Waals surface area contributed by atoms with Crippen LogP contribution < -0.4 is 0 Å². The molecule has 0 saturated heterocycles. The van der Waals surface area contributed by atoms with Crippen LogP contribution in [0.2, 0.25) is 0 Å². The number of hydrogen-bond acceptors (Lipinski definition) is 0. The predicted octanol–water partition coefficient (Wildman–Crippen LogP) is 4.99. The first-order chi connectivity index (χ1) is 9.15. The van der Waals surface area contributed by atoms with Crippen LogP contribution in [0.1, 0.15) is 0 Å². The van der Waals surface area contributed by atoms with Gasteiger partial charge >= 0.3 is 36.0 Å². The number of hydrogen-bond donors (Lipinski definition) is 0. The van der Waals surface area contributed by atoms with E-state index in [0.29, 0.717) is 0 Å². The lowest BCUT2D eigenvalue weighted by atomic mass is 9.88. The van der Waals surface area contributed by atoms with Crippen LogP contribution in [0.4, 0.5) is 65.9 Å². The molecule has 0 saturated carbocycles. The molecule has 0 N–H and O–H groups in total. The third-order valence-corrected chi connectivity index (χ3v) is 2.24. The summed E-state index contributed by atoms with van der Waals surface area (Å²) in [7, 11) is 0. The Labute approximate surface area is 109 Å². The first-order valence-corrected chi connectivity index (χ1v) is 4.44. The molecule has 0 aliphatic heterocycles. The first-order valence-electron chi connectivity index (χ1n) is 4.44. The van der Waals surface area contributed by atoms with Gasteiger partial charge in [-0.1, -0.05) is 0 Å². The molecule has 22 heavy (non-hydrogen) atoms. The standard InChI is InChI=1S/C7HF15/c8-1(3(11,12)13)2(9,10)5(15,16)4(14,6(17,18)19)7(20,21)22/h1H. The van der Waals surface area contributed by atoms with Crippen molar-refractivity contribution in [2.24, 2.45) is 0 Å². The molecular formula is C7HF15. The van der Waals surface area contributed by atoms with E-state index in [9.17, 15) is 65.9 Å². The average Bonchev–Trinajstić information content (AvgIpc) is 2.21. The maximum atomic E-state index is 12.8. The fourth-order valence-corrected chi connectivity index (χ4v) is 1.11. The van der Waals surface area contributed by atoms with Crippen LogP contribution in [0.25, 0.3) is 0 Å². The van der Waals surface area contributed by atoms with E-state index >= 15 is 0 Å². The summed E-state index contributed by atoms with van der Waals surface area (Å²) in [5, 5.41) is 0. The van der Waals surface area contributed by atoms with Crippen molar-refractivity contribution in [2.75, 3.05) is 0 Å². The predicted molar refractivity (Wildman–Crippen MR) is 36.8 cm³/mol. The van der Waals surface area contributed by atoms with Gasteiger partial charge in [0, 0.05) is 0 Å². The average molecular weight is 370 g/mol. The molecule has 1 unspecified atom stereocenters. The summed E-state index contributed by atoms with van der Waals surface area (Å²) in [5.74, 6) is -15.9. The SMILES string of the molecule is FC(C(F)(F)F)C(F)(F)C(F)(F)C(F)(C(F)(F)F)C(F)(F)F. The van der Waals surface area contributed by atoms with Crippen molar-refractivity contribution in [2.45, 2.75) is 42.2 Å². The van der Waals surface area contributed by atoms with Crippen LogP contribution in [0, 0.1) is 0 Å². The van der Waals surface area contributed by atoms with E-state index in [1.165, 1.54) is 0 Å². The Balaban J connectivity index is 6.39. The van der Waals surface area contributed by atoms with Crippen LogP contribution in [0.5, 0.6) is 0 Å². The number of halogens is 15. The highest BCUT2D eigenvalue weighted by atomic mass is 19.4. The van der Waals surface area contributed by atoms with Crippen molar-refractivity contribution in [1.82, 2.24) is 0 Å². The Morgan fingerprint density at radius 2 is 0.773 bits per heavy atom. The smallest absolute Gasteiger partial charge is 0.230 e. The van der Waals surface area contributed by atoms with Gasteiger partial charge in [0.2, 0.25) is 0 Å². The van der Waals surface area contributed by atoms with E-state index in [1.807, 2.05) is 0 Å². The molecule has 0 radical (unpaired) electrons. The third-order valence-electron chi connectivity index (χ3n) is 2.24. The third kappa shape index (κ3) is 2.77. The molecule has 1 atom stereocenters. The highest BCUT2D eigenvalue weighted by Gasteiger charge is 2.92. The molecule has 0 aromatic heterocycles. The van der Waals surface area contributed by atoms with Gasteiger partial charge < -0.3 is 0 Å². The van der Waals surface area contributed by atoms with Crippen LogP contribution in [0.3, 0.4) is 0 Å². The van der Waals surface area contributed by atoms with Crippen molar-refractivity contribution in [3.05, 3.63) is 0 Å². The van der Waals surface area contributed by atoms with Gasteiger partial charge in [0.1, 0.15) is 0 Å². The topological polar surface area (TPSA) is 0 Å². The maximum Gasteiger partial charge on any atom is 0.438 e. The molecule has 0 aliphatic rings. The summed E-state index contributed by atoms with van der Waals surface area (Å²) in [5.41, 5.74) is -8.12. The van der Waals surface area contributed by atoms with Gasteiger partial charge in [0.25, 0.3) is 6.17 Å². The minimum absolute atomic E-state index is 6.19. The molecule has 0 rings (SSSR count). The van der Waals surface area contributed by atoms with E-state index in [-0.39, 0.29) is 0 Å². The summed E-state index contributed by atoms with van der Waals surface area (Å²) in [6.07, 6.45) is -28.8. The van der Waals surface area contributed by atoms with Gasteiger partial charge in [-0.2, -0.15) is 57.1 Å². The molecule has 0 fully saturated rings. The van der Waals surface area contributed by atoms with Gasteiger partial charge in [-0.3, -0.25) is 0 Å². The van der Waals surface area contributed by atoms with Gasteiger partial charge in [-0.15, -0.1) is 0 Å². The second kappa shape index (κ2) is 4.97. The molecule has 0 bridgehead atoms. The lowest BCUT2D eigenvalue weighted by Gasteiger charge is -2.40. The minimum atomic E-state index is -8.15. The van der Waals surface area contributed by atoms with E-state index in [0.717, 1.165) is 0 Å². The Kier molecular flexibility index (Phi) is 4.74. The summed E-state index contributed by atoms with van der Waals surface area (Å²) in [6.45, 7) is 0. The number of rotatable bonds is 3. The van der Waals surface area contributed by atoms with Crippen molar-refractivity contribution in [3.63, 3.8) is 0 Å². The normalized spacial score (nSPS) is 17.6.